The maximum absolute atomic E-state index is 11.9. The van der Waals surface area contributed by atoms with Crippen molar-refractivity contribution >= 4 is 18.0 Å². The number of rotatable bonds is 11. The number of amides is 2. The third kappa shape index (κ3) is 6.73. The second kappa shape index (κ2) is 11.8. The summed E-state index contributed by atoms with van der Waals surface area (Å²) in [7, 11) is 1.60. The summed E-state index contributed by atoms with van der Waals surface area (Å²) in [6, 6.07) is 9.86. The Bertz CT molecular complexity index is 872. The Labute approximate surface area is 177 Å². The Balaban J connectivity index is 1.94. The summed E-state index contributed by atoms with van der Waals surface area (Å²) in [6.45, 7) is 7.61. The first-order valence-electron chi connectivity index (χ1n) is 9.96. The Hall–Kier alpha value is -3.13. The first-order valence-corrected chi connectivity index (χ1v) is 9.96. The Morgan fingerprint density at radius 1 is 1.17 bits per heavy atom. The maximum Gasteiger partial charge on any atom is 0.249 e. The molecule has 0 aliphatic heterocycles. The number of nitrogens with zero attached hydrogens (tertiary/aromatic N) is 2. The molecule has 2 amide bonds. The number of nitrogens with one attached hydrogen (secondary N) is 2. The van der Waals surface area contributed by atoms with Gasteiger partial charge in [0.2, 0.25) is 11.8 Å². The zero-order valence-corrected chi connectivity index (χ0v) is 18.0. The SMILES string of the molecule is CCOc1ccc(-n2c(C)cc(/C=N/NC(=O)CC(=O)NCCCOC)c2C)cc1. The van der Waals surface area contributed by atoms with Crippen molar-refractivity contribution < 1.29 is 19.1 Å². The molecule has 0 saturated carbocycles. The summed E-state index contributed by atoms with van der Waals surface area (Å²) in [5.74, 6) is 0.0271. The van der Waals surface area contributed by atoms with Crippen LogP contribution in [0.4, 0.5) is 0 Å². The monoisotopic (exact) mass is 414 g/mol. The van der Waals surface area contributed by atoms with Crippen LogP contribution in [-0.4, -0.2) is 49.5 Å². The zero-order valence-electron chi connectivity index (χ0n) is 18.0. The van der Waals surface area contributed by atoms with Gasteiger partial charge in [-0.3, -0.25) is 9.59 Å². The lowest BCUT2D eigenvalue weighted by Crippen LogP contribution is -2.30. The third-order valence-corrected chi connectivity index (χ3v) is 4.44. The van der Waals surface area contributed by atoms with E-state index in [1.54, 1.807) is 13.3 Å². The summed E-state index contributed by atoms with van der Waals surface area (Å²) in [5, 5.41) is 6.66. The highest BCUT2D eigenvalue weighted by molar-refractivity contribution is 5.97. The number of hydrazone groups is 1. The van der Waals surface area contributed by atoms with Crippen molar-refractivity contribution in [2.45, 2.75) is 33.6 Å². The largest absolute Gasteiger partial charge is 0.494 e. The smallest absolute Gasteiger partial charge is 0.249 e. The van der Waals surface area contributed by atoms with E-state index in [-0.39, 0.29) is 12.3 Å². The molecule has 162 valence electrons. The number of methoxy groups -OCH3 is 1. The molecule has 30 heavy (non-hydrogen) atoms. The molecule has 2 aromatic rings. The number of benzene rings is 1. The van der Waals surface area contributed by atoms with Gasteiger partial charge in [0.25, 0.3) is 0 Å². The van der Waals surface area contributed by atoms with Crippen LogP contribution in [0.3, 0.4) is 0 Å². The van der Waals surface area contributed by atoms with Gasteiger partial charge in [-0.05, 0) is 57.5 Å². The molecule has 0 fully saturated rings. The fourth-order valence-corrected chi connectivity index (χ4v) is 3.04. The van der Waals surface area contributed by atoms with Gasteiger partial charge < -0.3 is 19.4 Å². The molecule has 0 saturated heterocycles. The number of aryl methyl sites for hydroxylation is 1. The van der Waals surface area contributed by atoms with Crippen LogP contribution in [0.25, 0.3) is 5.69 Å². The molecule has 0 radical (unpaired) electrons. The molecule has 2 N–H and O–H groups in total. The fraction of sp³-hybridized carbons (Fsp3) is 0.409. The molecule has 0 bridgehead atoms. The van der Waals surface area contributed by atoms with E-state index in [4.69, 9.17) is 9.47 Å². The van der Waals surface area contributed by atoms with Gasteiger partial charge >= 0.3 is 0 Å². The lowest BCUT2D eigenvalue weighted by atomic mass is 10.2. The molecule has 8 nitrogen and oxygen atoms in total. The van der Waals surface area contributed by atoms with Gasteiger partial charge in [-0.25, -0.2) is 5.43 Å². The van der Waals surface area contributed by atoms with E-state index < -0.39 is 5.91 Å². The summed E-state index contributed by atoms with van der Waals surface area (Å²) in [6.07, 6.45) is 2.02. The van der Waals surface area contributed by atoms with Crippen LogP contribution in [0.1, 0.15) is 36.7 Å². The molecular formula is C22H30N4O4. The number of hydrogen-bond donors (Lipinski definition) is 2. The van der Waals surface area contributed by atoms with Crippen LogP contribution in [0.2, 0.25) is 0 Å². The lowest BCUT2D eigenvalue weighted by molar-refractivity contribution is -0.129. The number of ether oxygens (including phenoxy) is 2. The number of carbonyl (C=O) groups is 2. The molecule has 0 aliphatic carbocycles. The number of carbonyl (C=O) groups excluding carboxylic acids is 2. The van der Waals surface area contributed by atoms with Crippen molar-refractivity contribution in [3.63, 3.8) is 0 Å². The van der Waals surface area contributed by atoms with Crippen LogP contribution in [-0.2, 0) is 14.3 Å². The maximum atomic E-state index is 11.9. The van der Waals surface area contributed by atoms with E-state index in [1.165, 1.54) is 0 Å². The van der Waals surface area contributed by atoms with Gasteiger partial charge in [-0.2, -0.15) is 5.10 Å². The first-order chi connectivity index (χ1) is 14.5. The second-order valence-electron chi connectivity index (χ2n) is 6.76. The predicted molar refractivity (Wildman–Crippen MR) is 116 cm³/mol. The Morgan fingerprint density at radius 3 is 2.57 bits per heavy atom. The number of aromatic nitrogens is 1. The molecule has 1 heterocycles. The first kappa shape index (κ1) is 23.2. The van der Waals surface area contributed by atoms with Gasteiger partial charge in [0.15, 0.2) is 0 Å². The van der Waals surface area contributed by atoms with Crippen LogP contribution in [0.5, 0.6) is 5.75 Å². The van der Waals surface area contributed by atoms with E-state index in [9.17, 15) is 9.59 Å². The lowest BCUT2D eigenvalue weighted by Gasteiger charge is -2.10. The van der Waals surface area contributed by atoms with Crippen LogP contribution in [0.15, 0.2) is 35.4 Å². The van der Waals surface area contributed by atoms with Crippen molar-refractivity contribution in [3.8, 4) is 11.4 Å². The number of hydrogen-bond acceptors (Lipinski definition) is 5. The van der Waals surface area contributed by atoms with E-state index >= 15 is 0 Å². The summed E-state index contributed by atoms with van der Waals surface area (Å²) in [5.41, 5.74) is 6.33. The molecular weight excluding hydrogens is 384 g/mol. The third-order valence-electron chi connectivity index (χ3n) is 4.44. The molecule has 1 aromatic carbocycles. The summed E-state index contributed by atoms with van der Waals surface area (Å²) in [4.78, 5) is 23.6. The van der Waals surface area contributed by atoms with Crippen LogP contribution >= 0.6 is 0 Å². The Kier molecular flexibility index (Phi) is 9.08. The van der Waals surface area contributed by atoms with Crippen molar-refractivity contribution in [2.24, 2.45) is 5.10 Å². The minimum absolute atomic E-state index is 0.268. The topological polar surface area (TPSA) is 94.0 Å². The summed E-state index contributed by atoms with van der Waals surface area (Å²) < 4.78 is 12.5. The van der Waals surface area contributed by atoms with E-state index in [0.717, 1.165) is 28.4 Å². The average Bonchev–Trinajstić information content (AvgIpc) is 2.99. The van der Waals surface area contributed by atoms with E-state index in [1.807, 2.05) is 51.1 Å². The van der Waals surface area contributed by atoms with Crippen LogP contribution in [0, 0.1) is 13.8 Å². The highest BCUT2D eigenvalue weighted by atomic mass is 16.5. The fourth-order valence-electron chi connectivity index (χ4n) is 3.04. The van der Waals surface area contributed by atoms with Gasteiger partial charge in [0, 0.05) is 42.9 Å². The van der Waals surface area contributed by atoms with Gasteiger partial charge in [0.1, 0.15) is 12.2 Å². The van der Waals surface area contributed by atoms with Crippen molar-refractivity contribution in [1.82, 2.24) is 15.3 Å². The highest BCUT2D eigenvalue weighted by Gasteiger charge is 2.11. The van der Waals surface area contributed by atoms with Crippen molar-refractivity contribution in [1.29, 1.82) is 0 Å². The van der Waals surface area contributed by atoms with Gasteiger partial charge in [-0.1, -0.05) is 0 Å². The average molecular weight is 415 g/mol. The summed E-state index contributed by atoms with van der Waals surface area (Å²) >= 11 is 0. The molecule has 0 spiro atoms. The zero-order chi connectivity index (χ0) is 21.9. The van der Waals surface area contributed by atoms with Gasteiger partial charge in [0.05, 0.1) is 12.8 Å². The van der Waals surface area contributed by atoms with Gasteiger partial charge in [-0.15, -0.1) is 0 Å². The standard InChI is InChI=1S/C22H30N4O4/c1-5-30-20-9-7-19(8-10-20)26-16(2)13-18(17(26)3)15-24-25-22(28)14-21(27)23-11-6-12-29-4/h7-10,13,15H,5-6,11-12,14H2,1-4H3,(H,23,27)(H,25,28)/b24-15+. The minimum atomic E-state index is -0.462. The predicted octanol–water partition coefficient (Wildman–Crippen LogP) is 2.49. The van der Waals surface area contributed by atoms with Crippen molar-refractivity contribution in [3.05, 3.63) is 47.3 Å². The van der Waals surface area contributed by atoms with Crippen LogP contribution < -0.4 is 15.5 Å². The highest BCUT2D eigenvalue weighted by Crippen LogP contribution is 2.22. The van der Waals surface area contributed by atoms with E-state index in [2.05, 4.69) is 20.4 Å². The Morgan fingerprint density at radius 2 is 1.90 bits per heavy atom. The molecule has 0 unspecified atom stereocenters. The molecule has 1 aromatic heterocycles. The normalized spacial score (nSPS) is 10.9. The molecule has 0 aliphatic rings. The van der Waals surface area contributed by atoms with Crippen molar-refractivity contribution in [2.75, 3.05) is 26.9 Å². The quantitative estimate of drug-likeness (QED) is 0.256. The molecule has 8 heteroatoms. The molecule has 2 rings (SSSR count). The minimum Gasteiger partial charge on any atom is -0.494 e. The van der Waals surface area contributed by atoms with E-state index in [0.29, 0.717) is 26.2 Å². The second-order valence-corrected chi connectivity index (χ2v) is 6.76. The molecule has 0 atom stereocenters.